The number of para-hydroxylation sites is 1. The smallest absolute Gasteiger partial charge is 0.226 e. The number of hydrogen-bond donors (Lipinski definition) is 2. The lowest BCUT2D eigenvalue weighted by Crippen LogP contribution is -2.10. The van der Waals surface area contributed by atoms with Crippen LogP contribution in [0.3, 0.4) is 0 Å². The second-order valence-electron chi connectivity index (χ2n) is 7.06. The first-order chi connectivity index (χ1) is 13.6. The molecule has 0 radical (unpaired) electrons. The Kier molecular flexibility index (Phi) is 3.68. The lowest BCUT2D eigenvalue weighted by atomic mass is 9.99. The number of amides is 1. The van der Waals surface area contributed by atoms with Crippen molar-refractivity contribution in [3.05, 3.63) is 48.8 Å². The van der Waals surface area contributed by atoms with Crippen LogP contribution in [-0.2, 0) is 18.9 Å². The normalized spacial score (nSPS) is 13.7. The topological polar surface area (TPSA) is 76.8 Å². The van der Waals surface area contributed by atoms with Crippen molar-refractivity contribution in [2.75, 3.05) is 17.2 Å². The summed E-state index contributed by atoms with van der Waals surface area (Å²) in [5.41, 5.74) is 6.87. The number of carbonyl (C=O) groups is 1. The van der Waals surface area contributed by atoms with Gasteiger partial charge in [0.15, 0.2) is 0 Å². The molecule has 7 nitrogen and oxygen atoms in total. The molecule has 0 unspecified atom stereocenters. The van der Waals surface area contributed by atoms with Crippen molar-refractivity contribution in [1.29, 1.82) is 0 Å². The van der Waals surface area contributed by atoms with Crippen LogP contribution in [0.5, 0.6) is 0 Å². The maximum absolute atomic E-state index is 11.9. The van der Waals surface area contributed by atoms with E-state index in [2.05, 4.69) is 40.0 Å². The Morgan fingerprint density at radius 2 is 2.00 bits per heavy atom. The van der Waals surface area contributed by atoms with E-state index in [0.717, 1.165) is 44.7 Å². The predicted octanol–water partition coefficient (Wildman–Crippen LogP) is 3.39. The number of nitrogens with zero attached hydrogens (tertiary/aromatic N) is 4. The summed E-state index contributed by atoms with van der Waals surface area (Å²) in [7, 11) is 3.85. The number of carbonyl (C=O) groups excluding carboxylic acids is 1. The molecule has 0 saturated carbocycles. The van der Waals surface area contributed by atoms with Gasteiger partial charge in [0, 0.05) is 49.8 Å². The fourth-order valence-electron chi connectivity index (χ4n) is 3.79. The molecular weight excluding hydrogens is 352 g/mol. The molecule has 2 aromatic heterocycles. The van der Waals surface area contributed by atoms with Crippen molar-refractivity contribution in [2.24, 2.45) is 14.1 Å². The summed E-state index contributed by atoms with van der Waals surface area (Å²) in [5, 5.41) is 16.5. The van der Waals surface area contributed by atoms with Crippen molar-refractivity contribution < 1.29 is 4.79 Å². The van der Waals surface area contributed by atoms with Crippen LogP contribution in [0.4, 0.5) is 11.4 Å². The second kappa shape index (κ2) is 6.23. The Hall–Kier alpha value is -3.61. The van der Waals surface area contributed by atoms with Crippen LogP contribution in [0.15, 0.2) is 48.8 Å². The summed E-state index contributed by atoms with van der Waals surface area (Å²) in [4.78, 5) is 11.9. The predicted molar refractivity (Wildman–Crippen MR) is 110 cm³/mol. The monoisotopic (exact) mass is 372 g/mol. The highest BCUT2D eigenvalue weighted by Gasteiger charge is 2.18. The van der Waals surface area contributed by atoms with Crippen LogP contribution in [0.2, 0.25) is 0 Å². The van der Waals surface area contributed by atoms with Crippen molar-refractivity contribution in [3.8, 4) is 22.4 Å². The molecule has 2 N–H and O–H groups in total. The number of fused-ring (bicyclic) bond motifs is 2. The van der Waals surface area contributed by atoms with E-state index in [9.17, 15) is 4.79 Å². The van der Waals surface area contributed by atoms with Gasteiger partial charge in [-0.2, -0.15) is 10.2 Å². The second-order valence-corrected chi connectivity index (χ2v) is 7.06. The van der Waals surface area contributed by atoms with Crippen LogP contribution < -0.4 is 10.6 Å². The molecule has 0 fully saturated rings. The Labute approximate surface area is 162 Å². The van der Waals surface area contributed by atoms with Crippen LogP contribution in [0.25, 0.3) is 33.3 Å². The summed E-state index contributed by atoms with van der Waals surface area (Å²) in [5.74, 6) is 0.0324. The minimum atomic E-state index is 0.0324. The number of hydrogen-bond acceptors (Lipinski definition) is 4. The Morgan fingerprint density at radius 3 is 2.82 bits per heavy atom. The van der Waals surface area contributed by atoms with E-state index >= 15 is 0 Å². The molecule has 0 aliphatic carbocycles. The first-order valence-corrected chi connectivity index (χ1v) is 9.23. The Balaban J connectivity index is 1.69. The molecule has 1 amide bonds. The molecule has 0 atom stereocenters. The number of rotatable bonds is 2. The summed E-state index contributed by atoms with van der Waals surface area (Å²) in [6, 6.07) is 12.3. The Bertz CT molecular complexity index is 1220. The van der Waals surface area contributed by atoms with E-state index in [1.807, 2.05) is 43.3 Å². The average molecular weight is 372 g/mol. The van der Waals surface area contributed by atoms with Crippen molar-refractivity contribution in [1.82, 2.24) is 19.6 Å². The number of nitrogens with one attached hydrogen (secondary N) is 2. The van der Waals surface area contributed by atoms with Gasteiger partial charge >= 0.3 is 0 Å². The number of anilines is 2. The van der Waals surface area contributed by atoms with Gasteiger partial charge in [-0.25, -0.2) is 0 Å². The summed E-state index contributed by atoms with van der Waals surface area (Å²) >= 11 is 0. The van der Waals surface area contributed by atoms with Crippen molar-refractivity contribution in [3.63, 3.8) is 0 Å². The summed E-state index contributed by atoms with van der Waals surface area (Å²) in [6.45, 7) is 0.617. The fourth-order valence-corrected chi connectivity index (χ4v) is 3.79. The average Bonchev–Trinajstić information content (AvgIpc) is 3.19. The van der Waals surface area contributed by atoms with Gasteiger partial charge in [-0.3, -0.25) is 14.2 Å². The lowest BCUT2D eigenvalue weighted by Gasteiger charge is -2.14. The van der Waals surface area contributed by atoms with Gasteiger partial charge in [0.05, 0.1) is 23.1 Å². The largest absolute Gasteiger partial charge is 0.382 e. The highest BCUT2D eigenvalue weighted by molar-refractivity contribution is 6.02. The van der Waals surface area contributed by atoms with Crippen molar-refractivity contribution >= 4 is 28.2 Å². The summed E-state index contributed by atoms with van der Waals surface area (Å²) in [6.07, 6.45) is 4.26. The van der Waals surface area contributed by atoms with E-state index < -0.39 is 0 Å². The van der Waals surface area contributed by atoms with Gasteiger partial charge in [-0.05, 0) is 23.8 Å². The zero-order chi connectivity index (χ0) is 19.3. The molecule has 1 aliphatic rings. The van der Waals surface area contributed by atoms with E-state index in [1.165, 1.54) is 0 Å². The molecule has 4 aromatic rings. The molecule has 7 heteroatoms. The highest BCUT2D eigenvalue weighted by Crippen LogP contribution is 2.38. The maximum atomic E-state index is 11.9. The van der Waals surface area contributed by atoms with Gasteiger partial charge < -0.3 is 10.6 Å². The maximum Gasteiger partial charge on any atom is 0.226 e. The van der Waals surface area contributed by atoms with Gasteiger partial charge in [-0.15, -0.1) is 0 Å². The number of aryl methyl sites for hydroxylation is 2. The number of benzene rings is 2. The molecule has 0 spiro atoms. The first kappa shape index (κ1) is 16.6. The van der Waals surface area contributed by atoms with Gasteiger partial charge in [0.25, 0.3) is 0 Å². The van der Waals surface area contributed by atoms with Crippen LogP contribution >= 0.6 is 0 Å². The first-order valence-electron chi connectivity index (χ1n) is 9.23. The highest BCUT2D eigenvalue weighted by atomic mass is 16.1. The van der Waals surface area contributed by atoms with Crippen LogP contribution in [0.1, 0.15) is 6.42 Å². The molecule has 28 heavy (non-hydrogen) atoms. The van der Waals surface area contributed by atoms with E-state index in [1.54, 1.807) is 4.68 Å². The molecule has 3 heterocycles. The molecule has 1 aliphatic heterocycles. The van der Waals surface area contributed by atoms with Crippen LogP contribution in [0, 0.1) is 0 Å². The molecule has 0 bridgehead atoms. The van der Waals surface area contributed by atoms with E-state index in [0.29, 0.717) is 13.0 Å². The quantitative estimate of drug-likeness (QED) is 0.565. The minimum Gasteiger partial charge on any atom is -0.382 e. The zero-order valence-corrected chi connectivity index (χ0v) is 15.7. The summed E-state index contributed by atoms with van der Waals surface area (Å²) < 4.78 is 3.68. The third-order valence-electron chi connectivity index (χ3n) is 5.13. The zero-order valence-electron chi connectivity index (χ0n) is 15.7. The SMILES string of the molecule is Cn1cc(-c2nn(C)c3ccc(-c4cccc5c4NCCC(=O)N5)cc23)cn1. The fraction of sp³-hybridized carbons (Fsp3) is 0.190. The lowest BCUT2D eigenvalue weighted by molar-refractivity contribution is -0.115. The van der Waals surface area contributed by atoms with Gasteiger partial charge in [0.1, 0.15) is 5.69 Å². The standard InChI is InChI=1S/C21H20N6O/c1-26-12-14(11-23-26)20-16-10-13(6-7-18(16)27(2)25-20)15-4-3-5-17-21(15)22-9-8-19(28)24-17/h3-7,10-12,22H,8-9H2,1-2H3,(H,24,28). The molecule has 5 rings (SSSR count). The van der Waals surface area contributed by atoms with Gasteiger partial charge in [-0.1, -0.05) is 18.2 Å². The third kappa shape index (κ3) is 2.63. The molecule has 140 valence electrons. The molecule has 0 saturated heterocycles. The number of aromatic nitrogens is 4. The van der Waals surface area contributed by atoms with Crippen LogP contribution in [-0.4, -0.2) is 32.0 Å². The van der Waals surface area contributed by atoms with E-state index in [-0.39, 0.29) is 5.91 Å². The minimum absolute atomic E-state index is 0.0324. The third-order valence-corrected chi connectivity index (χ3v) is 5.13. The van der Waals surface area contributed by atoms with Gasteiger partial charge in [0.2, 0.25) is 5.91 Å². The Morgan fingerprint density at radius 1 is 1.11 bits per heavy atom. The molecule has 2 aromatic carbocycles. The van der Waals surface area contributed by atoms with E-state index in [4.69, 9.17) is 5.10 Å². The van der Waals surface area contributed by atoms with Crippen molar-refractivity contribution in [2.45, 2.75) is 6.42 Å². The molecular formula is C21H20N6O.